The molecule has 0 radical (unpaired) electrons. The maximum Gasteiger partial charge on any atom is 0.338 e. The number of carbonyl (C=O) groups is 1. The van der Waals surface area contributed by atoms with Gasteiger partial charge in [0.05, 0.1) is 23.9 Å². The maximum absolute atomic E-state index is 13.0. The topological polar surface area (TPSA) is 91.8 Å². The fourth-order valence-corrected chi connectivity index (χ4v) is 5.93. The van der Waals surface area contributed by atoms with Crippen molar-refractivity contribution in [3.8, 4) is 11.3 Å². The molecule has 1 aliphatic rings. The van der Waals surface area contributed by atoms with E-state index in [1.807, 2.05) is 75.4 Å². The molecule has 2 heterocycles. The van der Waals surface area contributed by atoms with E-state index in [-0.39, 0.29) is 0 Å². The molecule has 1 aromatic heterocycles. The Bertz CT molecular complexity index is 1310. The Kier molecular flexibility index (Phi) is 7.23. The molecule has 0 atom stereocenters. The Labute approximate surface area is 207 Å². The number of ether oxygens (including phenoxy) is 1. The maximum atomic E-state index is 13.0. The summed E-state index contributed by atoms with van der Waals surface area (Å²) in [5.41, 5.74) is 3.10. The fraction of sp³-hybridized carbons (Fsp3) is 0.385. The minimum atomic E-state index is -3.57. The first-order chi connectivity index (χ1) is 16.6. The highest BCUT2D eigenvalue weighted by molar-refractivity contribution is 7.87. The minimum absolute atomic E-state index is 0.362. The Balaban J connectivity index is 1.69. The summed E-state index contributed by atoms with van der Waals surface area (Å²) < 4.78 is 34.9. The van der Waals surface area contributed by atoms with Gasteiger partial charge in [0.25, 0.3) is 10.2 Å². The summed E-state index contributed by atoms with van der Waals surface area (Å²) in [4.78, 5) is 20.1. The molecule has 1 saturated heterocycles. The second kappa shape index (κ2) is 10.0. The van der Waals surface area contributed by atoms with E-state index in [1.54, 1.807) is 0 Å². The predicted molar refractivity (Wildman–Crippen MR) is 137 cm³/mol. The van der Waals surface area contributed by atoms with E-state index in [0.717, 1.165) is 27.7 Å². The van der Waals surface area contributed by atoms with Gasteiger partial charge in [0.2, 0.25) is 0 Å². The van der Waals surface area contributed by atoms with Crippen molar-refractivity contribution in [2.45, 2.75) is 32.9 Å². The number of piperazine rings is 1. The molecule has 186 valence electrons. The highest BCUT2D eigenvalue weighted by Crippen LogP contribution is 2.32. The summed E-state index contributed by atoms with van der Waals surface area (Å²) in [5, 5.41) is 0.740. The number of fused-ring (bicyclic) bond motifs is 1. The van der Waals surface area contributed by atoms with Gasteiger partial charge < -0.3 is 4.74 Å². The summed E-state index contributed by atoms with van der Waals surface area (Å²) in [6.45, 7) is 7.72. The number of rotatable bonds is 6. The second-order valence-electron chi connectivity index (χ2n) is 9.72. The van der Waals surface area contributed by atoms with Crippen molar-refractivity contribution in [2.75, 3.05) is 33.3 Å². The van der Waals surface area contributed by atoms with Crippen LogP contribution in [0.25, 0.3) is 22.2 Å². The summed E-state index contributed by atoms with van der Waals surface area (Å²) >= 11 is 0. The van der Waals surface area contributed by atoms with E-state index in [4.69, 9.17) is 9.72 Å². The minimum Gasteiger partial charge on any atom is -0.465 e. The SMILES string of the molecule is COC(=O)c1c(CN2CCN(S(=O)(=O)NC(C)(C)C)CC2)c(-c2ccccc2)nc2ccccc12. The second-order valence-corrected chi connectivity index (χ2v) is 11.4. The zero-order valence-corrected chi connectivity index (χ0v) is 21.4. The smallest absolute Gasteiger partial charge is 0.338 e. The average Bonchev–Trinajstić information content (AvgIpc) is 2.82. The summed E-state index contributed by atoms with van der Waals surface area (Å²) in [7, 11) is -2.19. The van der Waals surface area contributed by atoms with E-state index in [0.29, 0.717) is 38.3 Å². The molecule has 0 spiro atoms. The van der Waals surface area contributed by atoms with Crippen molar-refractivity contribution in [3.63, 3.8) is 0 Å². The van der Waals surface area contributed by atoms with Gasteiger partial charge in [-0.15, -0.1) is 0 Å². The van der Waals surface area contributed by atoms with Crippen LogP contribution in [-0.4, -0.2) is 67.4 Å². The van der Waals surface area contributed by atoms with E-state index in [2.05, 4.69) is 9.62 Å². The molecule has 1 aliphatic heterocycles. The molecule has 0 saturated carbocycles. The van der Waals surface area contributed by atoms with Crippen LogP contribution in [0, 0.1) is 0 Å². The number of hydrogen-bond acceptors (Lipinski definition) is 6. The number of methoxy groups -OCH3 is 1. The number of aromatic nitrogens is 1. The first-order valence-corrected chi connectivity index (χ1v) is 13.1. The van der Waals surface area contributed by atoms with Gasteiger partial charge in [0.1, 0.15) is 0 Å². The van der Waals surface area contributed by atoms with Crippen LogP contribution in [0.4, 0.5) is 0 Å². The lowest BCUT2D eigenvalue weighted by atomic mass is 9.96. The standard InChI is InChI=1S/C26H32N4O4S/c1-26(2,3)28-35(32,33)30-16-14-29(15-17-30)18-21-23(25(31)34-4)20-12-8-9-13-22(20)27-24(21)19-10-6-5-7-11-19/h5-13,28H,14-18H2,1-4H3. The summed E-state index contributed by atoms with van der Waals surface area (Å²) in [6.07, 6.45) is 0. The molecule has 35 heavy (non-hydrogen) atoms. The zero-order valence-electron chi connectivity index (χ0n) is 20.6. The summed E-state index contributed by atoms with van der Waals surface area (Å²) in [5.74, 6) is -0.411. The highest BCUT2D eigenvalue weighted by Gasteiger charge is 2.31. The van der Waals surface area contributed by atoms with Gasteiger partial charge in [-0.1, -0.05) is 48.5 Å². The van der Waals surface area contributed by atoms with Crippen LogP contribution in [-0.2, 0) is 21.5 Å². The highest BCUT2D eigenvalue weighted by atomic mass is 32.2. The average molecular weight is 497 g/mol. The third-order valence-electron chi connectivity index (χ3n) is 5.92. The third-order valence-corrected chi connectivity index (χ3v) is 7.83. The number of benzene rings is 2. The molecule has 0 aliphatic carbocycles. The van der Waals surface area contributed by atoms with Crippen LogP contribution in [0.1, 0.15) is 36.7 Å². The number of nitrogens with one attached hydrogen (secondary N) is 1. The van der Waals surface area contributed by atoms with E-state index in [9.17, 15) is 13.2 Å². The molecular weight excluding hydrogens is 464 g/mol. The lowest BCUT2D eigenvalue weighted by Crippen LogP contribution is -2.55. The first-order valence-electron chi connectivity index (χ1n) is 11.7. The summed E-state index contributed by atoms with van der Waals surface area (Å²) in [6, 6.07) is 17.3. The van der Waals surface area contributed by atoms with Gasteiger partial charge in [-0.25, -0.2) is 9.78 Å². The molecule has 8 nitrogen and oxygen atoms in total. The molecule has 1 N–H and O–H groups in total. The molecule has 2 aromatic carbocycles. The largest absolute Gasteiger partial charge is 0.465 e. The van der Waals surface area contributed by atoms with Crippen LogP contribution in [0.3, 0.4) is 0 Å². The van der Waals surface area contributed by atoms with Gasteiger partial charge in [-0.05, 0) is 26.8 Å². The van der Waals surface area contributed by atoms with Gasteiger partial charge in [0, 0.05) is 54.8 Å². The normalized spacial score (nSPS) is 15.9. The van der Waals surface area contributed by atoms with Crippen molar-refractivity contribution in [2.24, 2.45) is 0 Å². The van der Waals surface area contributed by atoms with Crippen molar-refractivity contribution in [1.82, 2.24) is 18.9 Å². The van der Waals surface area contributed by atoms with Gasteiger partial charge in [-0.3, -0.25) is 4.90 Å². The molecule has 9 heteroatoms. The molecular formula is C26H32N4O4S. The number of pyridine rings is 1. The molecule has 1 fully saturated rings. The number of esters is 1. The molecule has 3 aromatic rings. The number of para-hydroxylation sites is 1. The van der Waals surface area contributed by atoms with Crippen molar-refractivity contribution in [1.29, 1.82) is 0 Å². The van der Waals surface area contributed by atoms with E-state index >= 15 is 0 Å². The molecule has 4 rings (SSSR count). The Morgan fingerprint density at radius 1 is 1.00 bits per heavy atom. The van der Waals surface area contributed by atoms with Crippen molar-refractivity contribution in [3.05, 3.63) is 65.7 Å². The first kappa shape index (κ1) is 25.2. The zero-order chi connectivity index (χ0) is 25.2. The number of hydrogen-bond donors (Lipinski definition) is 1. The Hall–Kier alpha value is -2.85. The molecule has 0 unspecified atom stereocenters. The quantitative estimate of drug-likeness (QED) is 0.526. The fourth-order valence-electron chi connectivity index (χ4n) is 4.38. The number of nitrogens with zero attached hydrogens (tertiary/aromatic N) is 3. The van der Waals surface area contributed by atoms with Gasteiger partial charge in [-0.2, -0.15) is 17.4 Å². The lowest BCUT2D eigenvalue weighted by Gasteiger charge is -2.36. The third kappa shape index (κ3) is 5.70. The molecule has 0 bridgehead atoms. The Morgan fingerprint density at radius 3 is 2.26 bits per heavy atom. The van der Waals surface area contributed by atoms with E-state index < -0.39 is 21.7 Å². The monoisotopic (exact) mass is 496 g/mol. The van der Waals surface area contributed by atoms with Crippen LogP contribution < -0.4 is 4.72 Å². The molecule has 0 amide bonds. The lowest BCUT2D eigenvalue weighted by molar-refractivity contribution is 0.0600. The van der Waals surface area contributed by atoms with Crippen LogP contribution >= 0.6 is 0 Å². The van der Waals surface area contributed by atoms with E-state index in [1.165, 1.54) is 11.4 Å². The van der Waals surface area contributed by atoms with Crippen LogP contribution in [0.15, 0.2) is 54.6 Å². The Morgan fingerprint density at radius 2 is 1.63 bits per heavy atom. The number of carbonyl (C=O) groups excluding carboxylic acids is 1. The van der Waals surface area contributed by atoms with Crippen molar-refractivity contribution >= 4 is 27.1 Å². The van der Waals surface area contributed by atoms with Crippen molar-refractivity contribution < 1.29 is 17.9 Å². The van der Waals surface area contributed by atoms with Gasteiger partial charge >= 0.3 is 5.97 Å². The van der Waals surface area contributed by atoms with Crippen LogP contribution in [0.2, 0.25) is 0 Å². The predicted octanol–water partition coefficient (Wildman–Crippen LogP) is 3.44. The van der Waals surface area contributed by atoms with Gasteiger partial charge in [0.15, 0.2) is 0 Å². The van der Waals surface area contributed by atoms with Crippen LogP contribution in [0.5, 0.6) is 0 Å².